The maximum absolute atomic E-state index is 10.3. The van der Waals surface area contributed by atoms with Gasteiger partial charge in [0.25, 0.3) is 0 Å². The topological polar surface area (TPSA) is 69.6 Å². The van der Waals surface area contributed by atoms with Crippen molar-refractivity contribution in [3.8, 4) is 0 Å². The van der Waals surface area contributed by atoms with Crippen LogP contribution in [-0.2, 0) is 4.57 Å². The Morgan fingerprint density at radius 2 is 2.00 bits per heavy atom. The molecule has 1 fully saturated rings. The molecule has 0 aromatic carbocycles. The van der Waals surface area contributed by atoms with E-state index in [0.29, 0.717) is 13.1 Å². The molecule has 0 radical (unpaired) electrons. The van der Waals surface area contributed by atoms with E-state index in [1.165, 1.54) is 0 Å². The maximum Gasteiger partial charge on any atom is 0.331 e. The molecule has 0 unspecified atom stereocenters. The van der Waals surface area contributed by atoms with Gasteiger partial charge in [-0.05, 0) is 0 Å². The van der Waals surface area contributed by atoms with Crippen LogP contribution in [0.1, 0.15) is 0 Å². The van der Waals surface area contributed by atoms with E-state index in [2.05, 4.69) is 5.32 Å². The number of nitrogens with one attached hydrogen (secondary N) is 1. The van der Waals surface area contributed by atoms with Gasteiger partial charge in [-0.2, -0.15) is 0 Å². The second-order valence-corrected chi connectivity index (χ2v) is 3.81. The average molecular weight is 137 g/mol. The van der Waals surface area contributed by atoms with E-state index < -0.39 is 13.3 Å². The molecular weight excluding hydrogens is 129 g/mol. The molecule has 5 heteroatoms. The summed E-state index contributed by atoms with van der Waals surface area (Å²) in [6.45, 7) is 0.925. The molecule has 1 rings (SSSR count). The molecule has 0 saturated carbocycles. The Kier molecular flexibility index (Phi) is 1.41. The molecule has 0 amide bonds. The van der Waals surface area contributed by atoms with Crippen molar-refractivity contribution in [2.75, 3.05) is 13.1 Å². The monoisotopic (exact) mass is 137 g/mol. The van der Waals surface area contributed by atoms with Crippen molar-refractivity contribution < 1.29 is 14.4 Å². The lowest BCUT2D eigenvalue weighted by molar-refractivity contribution is 0.334. The molecule has 1 aliphatic rings. The predicted molar refractivity (Wildman–Crippen MR) is 28.7 cm³/mol. The van der Waals surface area contributed by atoms with Gasteiger partial charge in [0.15, 0.2) is 0 Å². The molecule has 1 saturated heterocycles. The van der Waals surface area contributed by atoms with Gasteiger partial charge in [0.2, 0.25) is 0 Å². The third-order valence-electron chi connectivity index (χ3n) is 1.24. The standard InChI is InChI=1S/C3H8NO3P/c5-8(6,7)3-1-4-2-3/h3-4H,1-2H2,(H2,5,6,7). The summed E-state index contributed by atoms with van der Waals surface area (Å²) in [5, 5.41) is 2.78. The van der Waals surface area contributed by atoms with E-state index in [0.717, 1.165) is 0 Å². The largest absolute Gasteiger partial charge is 0.331 e. The summed E-state index contributed by atoms with van der Waals surface area (Å²) in [5.41, 5.74) is -0.414. The van der Waals surface area contributed by atoms with Crippen LogP contribution in [0.5, 0.6) is 0 Å². The maximum atomic E-state index is 10.3. The van der Waals surface area contributed by atoms with Crippen molar-refractivity contribution in [1.82, 2.24) is 5.32 Å². The first-order chi connectivity index (χ1) is 3.61. The van der Waals surface area contributed by atoms with Gasteiger partial charge in [-0.25, -0.2) is 0 Å². The van der Waals surface area contributed by atoms with Crippen LogP contribution < -0.4 is 5.32 Å². The summed E-state index contributed by atoms with van der Waals surface area (Å²) in [6.07, 6.45) is 0. The molecule has 3 N–H and O–H groups in total. The van der Waals surface area contributed by atoms with E-state index in [1.54, 1.807) is 0 Å². The quantitative estimate of drug-likeness (QED) is 0.411. The van der Waals surface area contributed by atoms with Gasteiger partial charge in [0.05, 0.1) is 5.66 Å². The van der Waals surface area contributed by atoms with Gasteiger partial charge in [-0.15, -0.1) is 0 Å². The molecule has 0 atom stereocenters. The minimum absolute atomic E-state index is 0.414. The van der Waals surface area contributed by atoms with E-state index in [4.69, 9.17) is 9.79 Å². The Hall–Kier alpha value is 0.110. The van der Waals surface area contributed by atoms with Crippen LogP contribution in [0.15, 0.2) is 0 Å². The highest BCUT2D eigenvalue weighted by atomic mass is 31.2. The van der Waals surface area contributed by atoms with E-state index in [-0.39, 0.29) is 0 Å². The second-order valence-electron chi connectivity index (χ2n) is 1.90. The van der Waals surface area contributed by atoms with Gasteiger partial charge < -0.3 is 15.1 Å². The minimum Gasteiger partial charge on any atom is -0.324 e. The fraction of sp³-hybridized carbons (Fsp3) is 1.00. The summed E-state index contributed by atoms with van der Waals surface area (Å²) < 4.78 is 10.3. The fourth-order valence-electron chi connectivity index (χ4n) is 0.511. The molecule has 4 nitrogen and oxygen atoms in total. The van der Waals surface area contributed by atoms with Crippen LogP contribution in [-0.4, -0.2) is 28.5 Å². The molecule has 0 spiro atoms. The zero-order chi connectivity index (χ0) is 6.20. The lowest BCUT2D eigenvalue weighted by Crippen LogP contribution is -2.46. The third-order valence-corrected chi connectivity index (χ3v) is 2.55. The number of hydrogen-bond acceptors (Lipinski definition) is 2. The second kappa shape index (κ2) is 1.81. The Bertz CT molecular complexity index is 126. The van der Waals surface area contributed by atoms with Crippen molar-refractivity contribution in [2.24, 2.45) is 0 Å². The molecule has 0 aliphatic carbocycles. The Morgan fingerprint density at radius 1 is 1.50 bits per heavy atom. The van der Waals surface area contributed by atoms with Crippen LogP contribution >= 0.6 is 7.60 Å². The fourth-order valence-corrected chi connectivity index (χ4v) is 1.25. The molecule has 1 heterocycles. The summed E-state index contributed by atoms with van der Waals surface area (Å²) in [7, 11) is -3.73. The highest BCUT2D eigenvalue weighted by molar-refractivity contribution is 7.52. The van der Waals surface area contributed by atoms with Crippen LogP contribution in [0.25, 0.3) is 0 Å². The molecule has 48 valence electrons. The summed E-state index contributed by atoms with van der Waals surface area (Å²) in [5.74, 6) is 0. The zero-order valence-electron chi connectivity index (χ0n) is 4.24. The predicted octanol–water partition coefficient (Wildman–Crippen LogP) is -0.864. The molecular formula is C3H8NO3P. The van der Waals surface area contributed by atoms with Crippen LogP contribution in [0.2, 0.25) is 0 Å². The van der Waals surface area contributed by atoms with E-state index >= 15 is 0 Å². The van der Waals surface area contributed by atoms with Crippen molar-refractivity contribution in [2.45, 2.75) is 5.66 Å². The SMILES string of the molecule is O=P(O)(O)C1CNC1. The average Bonchev–Trinajstić information content (AvgIpc) is 1.16. The molecule has 8 heavy (non-hydrogen) atoms. The summed E-state index contributed by atoms with van der Waals surface area (Å²) in [6, 6.07) is 0. The number of rotatable bonds is 1. The number of hydrogen-bond donors (Lipinski definition) is 3. The minimum atomic E-state index is -3.73. The summed E-state index contributed by atoms with van der Waals surface area (Å²) in [4.78, 5) is 16.8. The van der Waals surface area contributed by atoms with Crippen LogP contribution in [0.4, 0.5) is 0 Å². The molecule has 0 aromatic rings. The van der Waals surface area contributed by atoms with Gasteiger partial charge in [-0.3, -0.25) is 4.57 Å². The third kappa shape index (κ3) is 1.09. The van der Waals surface area contributed by atoms with E-state index in [9.17, 15) is 4.57 Å². The van der Waals surface area contributed by atoms with Crippen molar-refractivity contribution in [3.63, 3.8) is 0 Å². The lowest BCUT2D eigenvalue weighted by atomic mass is 10.3. The first-order valence-corrected chi connectivity index (χ1v) is 4.05. The van der Waals surface area contributed by atoms with Gasteiger partial charge >= 0.3 is 7.60 Å². The highest BCUT2D eigenvalue weighted by Crippen LogP contribution is 2.42. The van der Waals surface area contributed by atoms with Crippen LogP contribution in [0.3, 0.4) is 0 Å². The van der Waals surface area contributed by atoms with Gasteiger partial charge in [0, 0.05) is 13.1 Å². The van der Waals surface area contributed by atoms with Crippen molar-refractivity contribution >= 4 is 7.60 Å². The van der Waals surface area contributed by atoms with Crippen LogP contribution in [0, 0.1) is 0 Å². The first-order valence-electron chi connectivity index (χ1n) is 2.36. The molecule has 1 aliphatic heterocycles. The Balaban J connectivity index is 2.46. The Labute approximate surface area is 47.1 Å². The lowest BCUT2D eigenvalue weighted by Gasteiger charge is -2.27. The van der Waals surface area contributed by atoms with Gasteiger partial charge in [0.1, 0.15) is 0 Å². The van der Waals surface area contributed by atoms with Crippen molar-refractivity contribution in [3.05, 3.63) is 0 Å². The first kappa shape index (κ1) is 6.23. The summed E-state index contributed by atoms with van der Waals surface area (Å²) >= 11 is 0. The molecule has 0 aromatic heterocycles. The zero-order valence-corrected chi connectivity index (χ0v) is 5.14. The Morgan fingerprint density at radius 3 is 2.00 bits per heavy atom. The molecule has 0 bridgehead atoms. The highest BCUT2D eigenvalue weighted by Gasteiger charge is 2.33. The smallest absolute Gasteiger partial charge is 0.324 e. The van der Waals surface area contributed by atoms with E-state index in [1.807, 2.05) is 0 Å². The van der Waals surface area contributed by atoms with Crippen molar-refractivity contribution in [1.29, 1.82) is 0 Å². The normalized spacial score (nSPS) is 22.8. The van der Waals surface area contributed by atoms with Gasteiger partial charge in [-0.1, -0.05) is 0 Å².